The van der Waals surface area contributed by atoms with E-state index in [2.05, 4.69) is 5.32 Å². The van der Waals surface area contributed by atoms with E-state index in [9.17, 15) is 14.7 Å². The Morgan fingerprint density at radius 3 is 1.97 bits per heavy atom. The van der Waals surface area contributed by atoms with Crippen LogP contribution in [0.1, 0.15) is 20.7 Å². The highest BCUT2D eigenvalue weighted by atomic mass is 31.1. The third-order valence-corrected chi connectivity index (χ3v) is 7.41. The van der Waals surface area contributed by atoms with Crippen LogP contribution >= 0.6 is 7.92 Å². The molecule has 0 spiro atoms. The Labute approximate surface area is 200 Å². The average Bonchev–Trinajstić information content (AvgIpc) is 2.87. The lowest BCUT2D eigenvalue weighted by molar-refractivity contribution is 0.0511. The molecule has 0 radical (unpaired) electrons. The van der Waals surface area contributed by atoms with Gasteiger partial charge in [0.25, 0.3) is 5.91 Å². The van der Waals surface area contributed by atoms with Crippen molar-refractivity contribution < 1.29 is 24.2 Å². The van der Waals surface area contributed by atoms with Gasteiger partial charge in [0.15, 0.2) is 0 Å². The average molecular weight is 481 g/mol. The van der Waals surface area contributed by atoms with E-state index in [1.165, 1.54) is 6.07 Å². The van der Waals surface area contributed by atoms with Gasteiger partial charge in [0.1, 0.15) is 0 Å². The number of hydrogen-bond donors (Lipinski definition) is 3. The monoisotopic (exact) mass is 480 g/mol. The topological polar surface area (TPSA) is 111 Å². The molecule has 7 nitrogen and oxygen atoms in total. The summed E-state index contributed by atoms with van der Waals surface area (Å²) in [6.45, 7) is 2.51. The molecule has 0 heterocycles. The Hall–Kier alpha value is -3.09. The van der Waals surface area contributed by atoms with Crippen LogP contribution in [0, 0.1) is 0 Å². The largest absolute Gasteiger partial charge is 0.478 e. The number of ether oxygens (including phenoxy) is 2. The predicted octanol–water partition coefficient (Wildman–Crippen LogP) is 1.86. The minimum absolute atomic E-state index is 0.191. The van der Waals surface area contributed by atoms with Gasteiger partial charge in [0.05, 0.1) is 32.0 Å². The molecule has 34 heavy (non-hydrogen) atoms. The second-order valence-corrected chi connectivity index (χ2v) is 9.50. The smallest absolute Gasteiger partial charge is 0.336 e. The highest BCUT2D eigenvalue weighted by Crippen LogP contribution is 2.34. The first-order valence-electron chi connectivity index (χ1n) is 11.0. The number of carbonyl (C=O) groups is 2. The Morgan fingerprint density at radius 1 is 0.824 bits per heavy atom. The number of amides is 1. The number of carboxylic acid groups (broad SMARTS) is 1. The van der Waals surface area contributed by atoms with Crippen molar-refractivity contribution in [3.05, 3.63) is 90.0 Å². The van der Waals surface area contributed by atoms with Crippen LogP contribution < -0.4 is 27.0 Å². The summed E-state index contributed by atoms with van der Waals surface area (Å²) in [5.41, 5.74) is 5.95. The van der Waals surface area contributed by atoms with Gasteiger partial charge in [-0.2, -0.15) is 0 Å². The highest BCUT2D eigenvalue weighted by molar-refractivity contribution is 7.80. The van der Waals surface area contributed by atoms with Crippen molar-refractivity contribution in [1.29, 1.82) is 0 Å². The molecule has 178 valence electrons. The maximum absolute atomic E-state index is 12.8. The summed E-state index contributed by atoms with van der Waals surface area (Å²) in [4.78, 5) is 24.9. The summed E-state index contributed by atoms with van der Waals surface area (Å²) < 4.78 is 10.7. The zero-order chi connectivity index (χ0) is 24.2. The number of benzene rings is 3. The molecule has 0 bridgehead atoms. The van der Waals surface area contributed by atoms with Gasteiger partial charge in [-0.05, 0) is 36.7 Å². The summed E-state index contributed by atoms with van der Waals surface area (Å²) in [6.07, 6.45) is 0. The van der Waals surface area contributed by atoms with Gasteiger partial charge in [-0.3, -0.25) is 4.79 Å². The van der Waals surface area contributed by atoms with Crippen molar-refractivity contribution in [2.75, 3.05) is 39.5 Å². The standard InChI is InChI=1S/C26H29N2O5P/c27-13-15-32-17-18-33-16-14-28-25(29)20-11-12-23(26(30)31)24(19-20)34(21-7-3-1-4-8-21)22-9-5-2-6-10-22/h1-12,19H,13-18,27H2,(H,28,29)(H,30,31). The fraction of sp³-hybridized carbons (Fsp3) is 0.231. The molecule has 0 aliphatic rings. The van der Waals surface area contributed by atoms with Gasteiger partial charge in [0.2, 0.25) is 0 Å². The van der Waals surface area contributed by atoms with E-state index in [1.54, 1.807) is 12.1 Å². The molecule has 8 heteroatoms. The molecule has 0 atom stereocenters. The lowest BCUT2D eigenvalue weighted by Crippen LogP contribution is -2.30. The molecular weight excluding hydrogens is 451 g/mol. The summed E-state index contributed by atoms with van der Waals surface area (Å²) in [5, 5.41) is 15.4. The lowest BCUT2D eigenvalue weighted by Gasteiger charge is -2.22. The minimum atomic E-state index is -1.17. The number of rotatable bonds is 13. The Bertz CT molecular complexity index is 1020. The SMILES string of the molecule is NCCOCCOCCNC(=O)c1ccc(C(=O)O)c(P(c2ccccc2)c2ccccc2)c1. The van der Waals surface area contributed by atoms with Crippen molar-refractivity contribution in [3.8, 4) is 0 Å². The number of nitrogens with one attached hydrogen (secondary N) is 1. The number of carboxylic acids is 1. The van der Waals surface area contributed by atoms with Crippen LogP contribution in [0.2, 0.25) is 0 Å². The van der Waals surface area contributed by atoms with Crippen molar-refractivity contribution >= 4 is 35.7 Å². The molecule has 0 saturated carbocycles. The first-order valence-corrected chi connectivity index (χ1v) is 12.4. The van der Waals surface area contributed by atoms with Gasteiger partial charge in [-0.1, -0.05) is 60.7 Å². The zero-order valence-corrected chi connectivity index (χ0v) is 19.7. The summed E-state index contributed by atoms with van der Waals surface area (Å²) in [6, 6.07) is 24.3. The molecule has 0 aromatic heterocycles. The molecule has 0 fully saturated rings. The van der Waals surface area contributed by atoms with Crippen LogP contribution in [0.3, 0.4) is 0 Å². The van der Waals surface area contributed by atoms with Crippen LogP contribution in [0.25, 0.3) is 0 Å². The fourth-order valence-electron chi connectivity index (χ4n) is 3.36. The summed E-state index contributed by atoms with van der Waals surface area (Å²) in [5.74, 6) is -1.30. The number of hydrogen-bond acceptors (Lipinski definition) is 5. The van der Waals surface area contributed by atoms with E-state index in [0.717, 1.165) is 10.6 Å². The van der Waals surface area contributed by atoms with E-state index in [1.807, 2.05) is 60.7 Å². The minimum Gasteiger partial charge on any atom is -0.478 e. The van der Waals surface area contributed by atoms with Gasteiger partial charge in [0, 0.05) is 24.0 Å². The van der Waals surface area contributed by atoms with Gasteiger partial charge < -0.3 is 25.6 Å². The van der Waals surface area contributed by atoms with E-state index in [-0.39, 0.29) is 11.5 Å². The molecule has 0 saturated heterocycles. The zero-order valence-electron chi connectivity index (χ0n) is 18.9. The quantitative estimate of drug-likeness (QED) is 0.255. The third-order valence-electron chi connectivity index (χ3n) is 4.93. The van der Waals surface area contributed by atoms with E-state index in [0.29, 0.717) is 50.4 Å². The van der Waals surface area contributed by atoms with Gasteiger partial charge in [-0.15, -0.1) is 0 Å². The van der Waals surface area contributed by atoms with Crippen LogP contribution in [-0.2, 0) is 9.47 Å². The van der Waals surface area contributed by atoms with Crippen LogP contribution in [-0.4, -0.2) is 56.5 Å². The second-order valence-electron chi connectivity index (χ2n) is 7.31. The summed E-state index contributed by atoms with van der Waals surface area (Å²) >= 11 is 0. The normalized spacial score (nSPS) is 10.9. The lowest BCUT2D eigenvalue weighted by atomic mass is 10.1. The molecule has 4 N–H and O–H groups in total. The second kappa shape index (κ2) is 13.6. The highest BCUT2D eigenvalue weighted by Gasteiger charge is 2.24. The van der Waals surface area contributed by atoms with Crippen LogP contribution in [0.4, 0.5) is 0 Å². The number of carbonyl (C=O) groups excluding carboxylic acids is 1. The maximum Gasteiger partial charge on any atom is 0.336 e. The molecule has 0 aliphatic carbocycles. The van der Waals surface area contributed by atoms with E-state index < -0.39 is 13.9 Å². The van der Waals surface area contributed by atoms with Crippen molar-refractivity contribution in [1.82, 2.24) is 5.32 Å². The molecule has 1 amide bonds. The number of aromatic carboxylic acids is 1. The Kier molecular flexibility index (Phi) is 10.2. The first kappa shape index (κ1) is 25.5. The first-order chi connectivity index (χ1) is 16.6. The van der Waals surface area contributed by atoms with Gasteiger partial charge in [-0.25, -0.2) is 4.79 Å². The van der Waals surface area contributed by atoms with Crippen molar-refractivity contribution in [2.24, 2.45) is 5.73 Å². The Morgan fingerprint density at radius 2 is 1.41 bits per heavy atom. The van der Waals surface area contributed by atoms with E-state index in [4.69, 9.17) is 15.2 Å². The van der Waals surface area contributed by atoms with Crippen molar-refractivity contribution in [2.45, 2.75) is 0 Å². The molecule has 3 aromatic rings. The fourth-order valence-corrected chi connectivity index (χ4v) is 5.84. The predicted molar refractivity (Wildman–Crippen MR) is 135 cm³/mol. The molecule has 0 aliphatic heterocycles. The number of nitrogens with two attached hydrogens (primary N) is 1. The maximum atomic E-state index is 12.8. The summed E-state index contributed by atoms with van der Waals surface area (Å²) in [7, 11) is -1.17. The van der Waals surface area contributed by atoms with E-state index >= 15 is 0 Å². The molecule has 3 rings (SSSR count). The van der Waals surface area contributed by atoms with Crippen molar-refractivity contribution in [3.63, 3.8) is 0 Å². The molecule has 3 aromatic carbocycles. The van der Waals surface area contributed by atoms with Crippen LogP contribution in [0.15, 0.2) is 78.9 Å². The van der Waals surface area contributed by atoms with Crippen LogP contribution in [0.5, 0.6) is 0 Å². The third kappa shape index (κ3) is 7.20. The molecule has 0 unspecified atom stereocenters. The Balaban J connectivity index is 1.80. The molecular formula is C26H29N2O5P. The van der Waals surface area contributed by atoms with Gasteiger partial charge >= 0.3 is 5.97 Å².